The molecule has 0 aliphatic carbocycles. The molecule has 0 saturated carbocycles. The lowest BCUT2D eigenvalue weighted by Gasteiger charge is -2.29. The summed E-state index contributed by atoms with van der Waals surface area (Å²) >= 11 is 0. The summed E-state index contributed by atoms with van der Waals surface area (Å²) in [6.45, 7) is 8.86. The number of rotatable bonds is 7. The quantitative estimate of drug-likeness (QED) is 0.842. The van der Waals surface area contributed by atoms with E-state index < -0.39 is 6.04 Å². The number of carbonyl (C=O) groups excluding carboxylic acids is 2. The summed E-state index contributed by atoms with van der Waals surface area (Å²) in [4.78, 5) is 26.7. The highest BCUT2D eigenvalue weighted by Crippen LogP contribution is 2.12. The molecule has 1 rings (SSSR count). The van der Waals surface area contributed by atoms with Crippen LogP contribution in [-0.4, -0.2) is 36.3 Å². The first-order valence-corrected chi connectivity index (χ1v) is 7.97. The standard InChI is InChI=1S/C18H28N2O2/c1-6-14(4)16(18(22)20(5)12-13(2)3)19-17(21)15-10-8-7-9-11-15/h7-11,13-14,16H,6,12H2,1-5H3,(H,19,21). The molecule has 1 aromatic carbocycles. The van der Waals surface area contributed by atoms with Crippen LogP contribution in [-0.2, 0) is 4.79 Å². The molecule has 2 atom stereocenters. The Morgan fingerprint density at radius 3 is 2.23 bits per heavy atom. The van der Waals surface area contributed by atoms with Crippen LogP contribution in [0.3, 0.4) is 0 Å². The van der Waals surface area contributed by atoms with Gasteiger partial charge in [0.2, 0.25) is 5.91 Å². The van der Waals surface area contributed by atoms with Crippen molar-refractivity contribution in [3.63, 3.8) is 0 Å². The Morgan fingerprint density at radius 2 is 1.73 bits per heavy atom. The summed E-state index contributed by atoms with van der Waals surface area (Å²) in [5.74, 6) is 0.274. The van der Waals surface area contributed by atoms with E-state index in [9.17, 15) is 9.59 Å². The first-order chi connectivity index (χ1) is 10.4. The van der Waals surface area contributed by atoms with Crippen molar-refractivity contribution in [3.8, 4) is 0 Å². The van der Waals surface area contributed by atoms with E-state index >= 15 is 0 Å². The lowest BCUT2D eigenvalue weighted by atomic mass is 9.97. The van der Waals surface area contributed by atoms with Crippen molar-refractivity contribution in [2.24, 2.45) is 11.8 Å². The van der Waals surface area contributed by atoms with Gasteiger partial charge >= 0.3 is 0 Å². The van der Waals surface area contributed by atoms with E-state index in [1.165, 1.54) is 0 Å². The number of amides is 2. The SMILES string of the molecule is CCC(C)C(NC(=O)c1ccccc1)C(=O)N(C)CC(C)C. The van der Waals surface area contributed by atoms with Gasteiger partial charge in [-0.1, -0.05) is 52.3 Å². The minimum Gasteiger partial charge on any atom is -0.344 e. The molecule has 0 aromatic heterocycles. The minimum absolute atomic E-state index is 0.0210. The maximum Gasteiger partial charge on any atom is 0.251 e. The third-order valence-corrected chi connectivity index (χ3v) is 3.82. The van der Waals surface area contributed by atoms with Gasteiger partial charge in [-0.3, -0.25) is 9.59 Å². The van der Waals surface area contributed by atoms with Gasteiger partial charge in [0.15, 0.2) is 0 Å². The van der Waals surface area contributed by atoms with Crippen LogP contribution < -0.4 is 5.32 Å². The van der Waals surface area contributed by atoms with Gasteiger partial charge < -0.3 is 10.2 Å². The fourth-order valence-electron chi connectivity index (χ4n) is 2.37. The van der Waals surface area contributed by atoms with Gasteiger partial charge in [-0.25, -0.2) is 0 Å². The maximum absolute atomic E-state index is 12.7. The number of benzene rings is 1. The molecular formula is C18H28N2O2. The Hall–Kier alpha value is -1.84. The monoisotopic (exact) mass is 304 g/mol. The highest BCUT2D eigenvalue weighted by Gasteiger charge is 2.28. The predicted molar refractivity (Wildman–Crippen MR) is 89.6 cm³/mol. The Balaban J connectivity index is 2.85. The first kappa shape index (κ1) is 18.2. The van der Waals surface area contributed by atoms with Gasteiger partial charge in [0, 0.05) is 19.2 Å². The first-order valence-electron chi connectivity index (χ1n) is 7.97. The van der Waals surface area contributed by atoms with E-state index in [0.29, 0.717) is 18.0 Å². The van der Waals surface area contributed by atoms with Crippen molar-refractivity contribution in [1.29, 1.82) is 0 Å². The van der Waals surface area contributed by atoms with Gasteiger partial charge in [-0.15, -0.1) is 0 Å². The van der Waals surface area contributed by atoms with Crippen molar-refractivity contribution in [3.05, 3.63) is 35.9 Å². The highest BCUT2D eigenvalue weighted by molar-refractivity contribution is 5.97. The fourth-order valence-corrected chi connectivity index (χ4v) is 2.37. The molecular weight excluding hydrogens is 276 g/mol. The molecule has 22 heavy (non-hydrogen) atoms. The number of nitrogens with zero attached hydrogens (tertiary/aromatic N) is 1. The number of hydrogen-bond acceptors (Lipinski definition) is 2. The van der Waals surface area contributed by atoms with Crippen molar-refractivity contribution < 1.29 is 9.59 Å². The second kappa shape index (κ2) is 8.57. The molecule has 0 radical (unpaired) electrons. The van der Waals surface area contributed by atoms with Crippen LogP contribution in [0, 0.1) is 11.8 Å². The van der Waals surface area contributed by atoms with E-state index in [2.05, 4.69) is 19.2 Å². The van der Waals surface area contributed by atoms with Crippen molar-refractivity contribution in [1.82, 2.24) is 10.2 Å². The van der Waals surface area contributed by atoms with Crippen molar-refractivity contribution >= 4 is 11.8 Å². The molecule has 2 unspecified atom stereocenters. The van der Waals surface area contributed by atoms with Crippen LogP contribution in [0.4, 0.5) is 0 Å². The summed E-state index contributed by atoms with van der Waals surface area (Å²) in [6, 6.07) is 8.53. The van der Waals surface area contributed by atoms with Gasteiger partial charge in [-0.2, -0.15) is 0 Å². The maximum atomic E-state index is 12.7. The summed E-state index contributed by atoms with van der Waals surface area (Å²) in [7, 11) is 1.80. The second-order valence-corrected chi connectivity index (χ2v) is 6.32. The summed E-state index contributed by atoms with van der Waals surface area (Å²) in [5, 5.41) is 2.91. The fraction of sp³-hybridized carbons (Fsp3) is 0.556. The third kappa shape index (κ3) is 5.17. The van der Waals surface area contributed by atoms with E-state index in [1.807, 2.05) is 32.0 Å². The number of likely N-dealkylation sites (N-methyl/N-ethyl adjacent to an activating group) is 1. The summed E-state index contributed by atoms with van der Waals surface area (Å²) in [5.41, 5.74) is 0.579. The zero-order chi connectivity index (χ0) is 16.7. The van der Waals surface area contributed by atoms with Crippen LogP contribution in [0.15, 0.2) is 30.3 Å². The van der Waals surface area contributed by atoms with Crippen LogP contribution in [0.5, 0.6) is 0 Å². The number of carbonyl (C=O) groups is 2. The van der Waals surface area contributed by atoms with Gasteiger partial charge in [0.25, 0.3) is 5.91 Å². The highest BCUT2D eigenvalue weighted by atomic mass is 16.2. The lowest BCUT2D eigenvalue weighted by molar-refractivity contribution is -0.133. The average Bonchev–Trinajstić information content (AvgIpc) is 2.51. The molecule has 2 amide bonds. The van der Waals surface area contributed by atoms with E-state index in [1.54, 1.807) is 24.1 Å². The molecule has 122 valence electrons. The van der Waals surface area contributed by atoms with E-state index in [4.69, 9.17) is 0 Å². The summed E-state index contributed by atoms with van der Waals surface area (Å²) in [6.07, 6.45) is 0.834. The molecule has 0 spiro atoms. The Labute approximate surface area is 133 Å². The minimum atomic E-state index is -0.485. The van der Waals surface area contributed by atoms with Crippen molar-refractivity contribution in [2.75, 3.05) is 13.6 Å². The molecule has 1 aromatic rings. The van der Waals surface area contributed by atoms with Crippen molar-refractivity contribution in [2.45, 2.75) is 40.2 Å². The Kier molecular flexibility index (Phi) is 7.09. The topological polar surface area (TPSA) is 49.4 Å². The van der Waals surface area contributed by atoms with Gasteiger partial charge in [0.05, 0.1) is 0 Å². The van der Waals surface area contributed by atoms with E-state index in [-0.39, 0.29) is 17.7 Å². The van der Waals surface area contributed by atoms with Crippen LogP contribution >= 0.6 is 0 Å². The van der Waals surface area contributed by atoms with Gasteiger partial charge in [-0.05, 0) is 24.0 Å². The second-order valence-electron chi connectivity index (χ2n) is 6.32. The summed E-state index contributed by atoms with van der Waals surface area (Å²) < 4.78 is 0. The predicted octanol–water partition coefficient (Wildman–Crippen LogP) is 2.95. The molecule has 1 N–H and O–H groups in total. The Morgan fingerprint density at radius 1 is 1.14 bits per heavy atom. The normalized spacial score (nSPS) is 13.5. The lowest BCUT2D eigenvalue weighted by Crippen LogP contribution is -2.51. The smallest absolute Gasteiger partial charge is 0.251 e. The molecule has 0 saturated heterocycles. The zero-order valence-corrected chi connectivity index (χ0v) is 14.3. The molecule has 0 fully saturated rings. The molecule has 0 aliphatic heterocycles. The molecule has 0 aliphatic rings. The third-order valence-electron chi connectivity index (χ3n) is 3.82. The molecule has 0 heterocycles. The molecule has 4 nitrogen and oxygen atoms in total. The van der Waals surface area contributed by atoms with Gasteiger partial charge in [0.1, 0.15) is 6.04 Å². The average molecular weight is 304 g/mol. The molecule has 0 bridgehead atoms. The van der Waals surface area contributed by atoms with E-state index in [0.717, 1.165) is 6.42 Å². The van der Waals surface area contributed by atoms with Crippen LogP contribution in [0.25, 0.3) is 0 Å². The largest absolute Gasteiger partial charge is 0.344 e. The van der Waals surface area contributed by atoms with Crippen LogP contribution in [0.2, 0.25) is 0 Å². The molecule has 4 heteroatoms. The number of nitrogens with one attached hydrogen (secondary N) is 1. The Bertz CT molecular complexity index is 485. The zero-order valence-electron chi connectivity index (χ0n) is 14.3. The number of hydrogen-bond donors (Lipinski definition) is 1. The van der Waals surface area contributed by atoms with Crippen LogP contribution in [0.1, 0.15) is 44.5 Å².